The van der Waals surface area contributed by atoms with Gasteiger partial charge in [0, 0.05) is 11.5 Å². The average molecular weight is 254 g/mol. The zero-order chi connectivity index (χ0) is 12.7. The molecule has 0 heterocycles. The second-order valence-corrected chi connectivity index (χ2v) is 5.58. The molecule has 3 heteroatoms. The van der Waals surface area contributed by atoms with Gasteiger partial charge in [0.2, 0.25) is 0 Å². The number of hydrogen-bond acceptors (Lipinski definition) is 3. The van der Waals surface area contributed by atoms with Gasteiger partial charge in [0.05, 0.1) is 13.2 Å². The van der Waals surface area contributed by atoms with E-state index in [1.807, 2.05) is 6.07 Å². The van der Waals surface area contributed by atoms with Gasteiger partial charge in [-0.3, -0.25) is 0 Å². The third-order valence-electron chi connectivity index (χ3n) is 2.60. The van der Waals surface area contributed by atoms with Crippen LogP contribution in [0.5, 0.6) is 5.75 Å². The second-order valence-electron chi connectivity index (χ2n) is 4.36. The quantitative estimate of drug-likeness (QED) is 0.758. The van der Waals surface area contributed by atoms with Crippen LogP contribution >= 0.6 is 11.8 Å². The lowest BCUT2D eigenvalue weighted by Gasteiger charge is -2.12. The number of benzene rings is 1. The summed E-state index contributed by atoms with van der Waals surface area (Å²) in [4.78, 5) is 0. The normalized spacial score (nSPS) is 10.9. The van der Waals surface area contributed by atoms with Crippen LogP contribution in [0.3, 0.4) is 0 Å². The summed E-state index contributed by atoms with van der Waals surface area (Å²) in [6.07, 6.45) is 0. The maximum atomic E-state index is 8.64. The van der Waals surface area contributed by atoms with E-state index in [0.717, 1.165) is 17.3 Å². The van der Waals surface area contributed by atoms with Crippen molar-refractivity contribution in [3.05, 3.63) is 29.3 Å². The van der Waals surface area contributed by atoms with Crippen molar-refractivity contribution in [2.45, 2.75) is 26.7 Å². The Balaban J connectivity index is 2.42. The van der Waals surface area contributed by atoms with E-state index in [1.54, 1.807) is 11.8 Å². The van der Waals surface area contributed by atoms with Crippen molar-refractivity contribution in [1.29, 1.82) is 0 Å². The third-order valence-corrected chi connectivity index (χ3v) is 3.52. The van der Waals surface area contributed by atoms with Gasteiger partial charge in [0.25, 0.3) is 0 Å². The molecule has 0 aromatic heterocycles. The van der Waals surface area contributed by atoms with Crippen LogP contribution in [0.15, 0.2) is 18.2 Å². The van der Waals surface area contributed by atoms with Crippen LogP contribution < -0.4 is 4.74 Å². The molecule has 0 unspecified atom stereocenters. The molecule has 0 amide bonds. The van der Waals surface area contributed by atoms with Crippen molar-refractivity contribution in [3.8, 4) is 5.75 Å². The molecule has 0 bridgehead atoms. The average Bonchev–Trinajstić information content (AvgIpc) is 2.28. The highest BCUT2D eigenvalue weighted by Crippen LogP contribution is 2.23. The SMILES string of the molecule is Cc1cc(OCCSCCO)ccc1C(C)C. The Bertz CT molecular complexity index is 337. The second kappa shape index (κ2) is 7.62. The van der Waals surface area contributed by atoms with E-state index in [4.69, 9.17) is 9.84 Å². The number of ether oxygens (including phenoxy) is 1. The number of aliphatic hydroxyl groups excluding tert-OH is 1. The third kappa shape index (κ3) is 5.00. The summed E-state index contributed by atoms with van der Waals surface area (Å²) < 4.78 is 5.67. The molecule has 1 N–H and O–H groups in total. The molecule has 0 radical (unpaired) electrons. The van der Waals surface area contributed by atoms with Crippen LogP contribution in [-0.2, 0) is 0 Å². The molecule has 0 spiro atoms. The first-order valence-electron chi connectivity index (χ1n) is 6.07. The van der Waals surface area contributed by atoms with E-state index in [2.05, 4.69) is 32.9 Å². The number of thioether (sulfide) groups is 1. The summed E-state index contributed by atoms with van der Waals surface area (Å²) in [5.74, 6) is 3.21. The van der Waals surface area contributed by atoms with Gasteiger partial charge in [-0.2, -0.15) is 11.8 Å². The number of aryl methyl sites for hydroxylation is 1. The lowest BCUT2D eigenvalue weighted by atomic mass is 9.98. The highest BCUT2D eigenvalue weighted by molar-refractivity contribution is 7.99. The lowest BCUT2D eigenvalue weighted by Crippen LogP contribution is -2.02. The molecule has 0 aliphatic rings. The van der Waals surface area contributed by atoms with Gasteiger partial charge < -0.3 is 9.84 Å². The highest BCUT2D eigenvalue weighted by atomic mass is 32.2. The zero-order valence-electron chi connectivity index (χ0n) is 10.9. The first-order chi connectivity index (χ1) is 8.15. The van der Waals surface area contributed by atoms with Crippen LogP contribution in [0.4, 0.5) is 0 Å². The standard InChI is InChI=1S/C14H22O2S/c1-11(2)14-5-4-13(10-12(14)3)16-7-9-17-8-6-15/h4-5,10-11,15H,6-9H2,1-3H3. The van der Waals surface area contributed by atoms with Crippen molar-refractivity contribution >= 4 is 11.8 Å². The van der Waals surface area contributed by atoms with Crippen LogP contribution in [0.2, 0.25) is 0 Å². The molecule has 1 rings (SSSR count). The van der Waals surface area contributed by atoms with Crippen LogP contribution in [0.25, 0.3) is 0 Å². The summed E-state index contributed by atoms with van der Waals surface area (Å²) in [5, 5.41) is 8.64. The molecule has 0 aliphatic heterocycles. The minimum absolute atomic E-state index is 0.243. The highest BCUT2D eigenvalue weighted by Gasteiger charge is 2.04. The summed E-state index contributed by atoms with van der Waals surface area (Å²) in [6.45, 7) is 7.48. The molecule has 1 aromatic rings. The van der Waals surface area contributed by atoms with Crippen molar-refractivity contribution in [2.24, 2.45) is 0 Å². The Labute approximate surface area is 108 Å². The summed E-state index contributed by atoms with van der Waals surface area (Å²) in [5.41, 5.74) is 2.67. The predicted octanol–water partition coefficient (Wildman–Crippen LogP) is 3.22. The number of aliphatic hydroxyl groups is 1. The number of rotatable bonds is 7. The molecule has 0 saturated carbocycles. The predicted molar refractivity (Wildman–Crippen MR) is 75.2 cm³/mol. The molecular weight excluding hydrogens is 232 g/mol. The topological polar surface area (TPSA) is 29.5 Å². The van der Waals surface area contributed by atoms with Gasteiger partial charge in [-0.15, -0.1) is 0 Å². The fourth-order valence-electron chi connectivity index (χ4n) is 1.77. The van der Waals surface area contributed by atoms with E-state index >= 15 is 0 Å². The Kier molecular flexibility index (Phi) is 6.45. The van der Waals surface area contributed by atoms with Crippen molar-refractivity contribution in [1.82, 2.24) is 0 Å². The van der Waals surface area contributed by atoms with Gasteiger partial charge in [-0.05, 0) is 36.1 Å². The molecule has 0 saturated heterocycles. The molecule has 0 fully saturated rings. The molecule has 96 valence electrons. The Hall–Kier alpha value is -0.670. The molecule has 0 atom stereocenters. The molecule has 1 aromatic carbocycles. The smallest absolute Gasteiger partial charge is 0.119 e. The van der Waals surface area contributed by atoms with E-state index in [0.29, 0.717) is 12.5 Å². The zero-order valence-corrected chi connectivity index (χ0v) is 11.7. The molecular formula is C14H22O2S. The van der Waals surface area contributed by atoms with Gasteiger partial charge in [0.1, 0.15) is 5.75 Å². The van der Waals surface area contributed by atoms with Crippen molar-refractivity contribution in [3.63, 3.8) is 0 Å². The maximum absolute atomic E-state index is 8.64. The Morgan fingerprint density at radius 1 is 1.29 bits per heavy atom. The summed E-state index contributed by atoms with van der Waals surface area (Å²) in [7, 11) is 0. The maximum Gasteiger partial charge on any atom is 0.119 e. The monoisotopic (exact) mass is 254 g/mol. The first kappa shape index (κ1) is 14.4. The minimum atomic E-state index is 0.243. The Morgan fingerprint density at radius 3 is 2.65 bits per heavy atom. The summed E-state index contributed by atoms with van der Waals surface area (Å²) >= 11 is 1.71. The number of hydrogen-bond donors (Lipinski definition) is 1. The Morgan fingerprint density at radius 2 is 2.06 bits per heavy atom. The van der Waals surface area contributed by atoms with Gasteiger partial charge in [-0.25, -0.2) is 0 Å². The van der Waals surface area contributed by atoms with Crippen molar-refractivity contribution < 1.29 is 9.84 Å². The van der Waals surface area contributed by atoms with E-state index in [1.165, 1.54) is 11.1 Å². The fourth-order valence-corrected chi connectivity index (χ4v) is 2.31. The molecule has 17 heavy (non-hydrogen) atoms. The van der Waals surface area contributed by atoms with Crippen LogP contribution in [-0.4, -0.2) is 29.8 Å². The lowest BCUT2D eigenvalue weighted by molar-refractivity contribution is 0.321. The van der Waals surface area contributed by atoms with E-state index in [-0.39, 0.29) is 6.61 Å². The fraction of sp³-hybridized carbons (Fsp3) is 0.571. The van der Waals surface area contributed by atoms with Gasteiger partial charge >= 0.3 is 0 Å². The molecule has 2 nitrogen and oxygen atoms in total. The van der Waals surface area contributed by atoms with Crippen LogP contribution in [0.1, 0.15) is 30.9 Å². The summed E-state index contributed by atoms with van der Waals surface area (Å²) in [6, 6.07) is 6.29. The molecule has 0 aliphatic carbocycles. The first-order valence-corrected chi connectivity index (χ1v) is 7.22. The van der Waals surface area contributed by atoms with Crippen LogP contribution in [0, 0.1) is 6.92 Å². The van der Waals surface area contributed by atoms with Gasteiger partial charge in [0.15, 0.2) is 0 Å². The van der Waals surface area contributed by atoms with E-state index in [9.17, 15) is 0 Å². The van der Waals surface area contributed by atoms with Gasteiger partial charge in [-0.1, -0.05) is 19.9 Å². The minimum Gasteiger partial charge on any atom is -0.493 e. The van der Waals surface area contributed by atoms with Crippen molar-refractivity contribution in [2.75, 3.05) is 24.7 Å². The largest absolute Gasteiger partial charge is 0.493 e. The van der Waals surface area contributed by atoms with E-state index < -0.39 is 0 Å².